The fourth-order valence-corrected chi connectivity index (χ4v) is 1.36. The first-order valence-corrected chi connectivity index (χ1v) is 4.00. The van der Waals surface area contributed by atoms with Crippen LogP contribution in [-0.4, -0.2) is 5.11 Å². The van der Waals surface area contributed by atoms with Crippen LogP contribution in [0.1, 0.15) is 17.2 Å². The van der Waals surface area contributed by atoms with E-state index in [4.69, 9.17) is 0 Å². The van der Waals surface area contributed by atoms with E-state index >= 15 is 0 Å². The highest BCUT2D eigenvalue weighted by molar-refractivity contribution is 5.58. The van der Waals surface area contributed by atoms with Gasteiger partial charge >= 0.3 is 0 Å². The number of hydrogen-bond donors (Lipinski definition) is 1. The Balaban J connectivity index is 2.56. The molecule has 0 bridgehead atoms. The van der Waals surface area contributed by atoms with Crippen molar-refractivity contribution in [1.29, 1.82) is 0 Å². The van der Waals surface area contributed by atoms with Crippen molar-refractivity contribution in [3.63, 3.8) is 0 Å². The summed E-state index contributed by atoms with van der Waals surface area (Å²) in [5.41, 5.74) is 2.07. The number of benzene rings is 1. The van der Waals surface area contributed by atoms with Crippen LogP contribution >= 0.6 is 0 Å². The maximum Gasteiger partial charge on any atom is 0.0980 e. The smallest absolute Gasteiger partial charge is 0.0980 e. The molecule has 0 saturated carbocycles. The fraction of sp³-hybridized carbons (Fsp3) is 0.0909. The molecular weight excluding hydrogens is 148 g/mol. The summed E-state index contributed by atoms with van der Waals surface area (Å²) in [6.07, 6.45) is 7.13. The van der Waals surface area contributed by atoms with Crippen molar-refractivity contribution in [3.05, 3.63) is 53.6 Å². The van der Waals surface area contributed by atoms with Gasteiger partial charge in [0, 0.05) is 0 Å². The minimum atomic E-state index is -0.462. The van der Waals surface area contributed by atoms with Crippen LogP contribution in [0.2, 0.25) is 0 Å². The van der Waals surface area contributed by atoms with Crippen LogP contribution in [0, 0.1) is 0 Å². The molecule has 1 aromatic carbocycles. The fourth-order valence-electron chi connectivity index (χ4n) is 1.36. The Morgan fingerprint density at radius 3 is 2.83 bits per heavy atom. The molecule has 1 aliphatic carbocycles. The second-order valence-electron chi connectivity index (χ2n) is 2.82. The zero-order valence-electron chi connectivity index (χ0n) is 6.64. The van der Waals surface area contributed by atoms with Crippen molar-refractivity contribution in [2.45, 2.75) is 6.10 Å². The Kier molecular flexibility index (Phi) is 1.80. The van der Waals surface area contributed by atoms with Gasteiger partial charge in [0.25, 0.3) is 0 Å². The quantitative estimate of drug-likeness (QED) is 0.614. The van der Waals surface area contributed by atoms with Crippen LogP contribution in [0.3, 0.4) is 0 Å². The predicted molar refractivity (Wildman–Crippen MR) is 49.6 cm³/mol. The summed E-state index contributed by atoms with van der Waals surface area (Å²) in [4.78, 5) is 0. The Bertz CT molecular complexity index is 337. The maximum atomic E-state index is 9.61. The van der Waals surface area contributed by atoms with Crippen LogP contribution in [0.4, 0.5) is 0 Å². The van der Waals surface area contributed by atoms with Gasteiger partial charge in [-0.1, -0.05) is 48.6 Å². The van der Waals surface area contributed by atoms with Gasteiger partial charge in [0.2, 0.25) is 0 Å². The normalized spacial score (nSPS) is 20.2. The van der Waals surface area contributed by atoms with Gasteiger partial charge in [-0.15, -0.1) is 0 Å². The lowest BCUT2D eigenvalue weighted by molar-refractivity contribution is 0.228. The first-order chi connectivity index (χ1) is 5.88. The van der Waals surface area contributed by atoms with E-state index in [0.717, 1.165) is 11.1 Å². The molecule has 1 heteroatoms. The van der Waals surface area contributed by atoms with Gasteiger partial charge in [0.15, 0.2) is 0 Å². The van der Waals surface area contributed by atoms with Crippen LogP contribution in [0.15, 0.2) is 42.5 Å². The lowest BCUT2D eigenvalue weighted by atomic mass is 10.0. The number of allylic oxidation sites excluding steroid dienone is 2. The van der Waals surface area contributed by atoms with E-state index in [1.807, 2.05) is 42.5 Å². The monoisotopic (exact) mass is 158 g/mol. The Labute approximate surface area is 71.7 Å². The van der Waals surface area contributed by atoms with E-state index in [-0.39, 0.29) is 0 Å². The molecule has 1 aromatic rings. The van der Waals surface area contributed by atoms with E-state index in [0.29, 0.717) is 0 Å². The third-order valence-corrected chi connectivity index (χ3v) is 1.99. The molecule has 0 heterocycles. The van der Waals surface area contributed by atoms with Gasteiger partial charge in [-0.3, -0.25) is 0 Å². The molecule has 1 unspecified atom stereocenters. The first-order valence-electron chi connectivity index (χ1n) is 4.00. The summed E-state index contributed by atoms with van der Waals surface area (Å²) < 4.78 is 0. The Hall–Kier alpha value is -1.34. The minimum Gasteiger partial charge on any atom is -0.384 e. The Morgan fingerprint density at radius 1 is 1.08 bits per heavy atom. The molecular formula is C11H10O. The second-order valence-corrected chi connectivity index (χ2v) is 2.82. The largest absolute Gasteiger partial charge is 0.384 e. The topological polar surface area (TPSA) is 20.2 Å². The molecule has 0 amide bonds. The van der Waals surface area contributed by atoms with Crippen LogP contribution in [-0.2, 0) is 0 Å². The zero-order chi connectivity index (χ0) is 8.39. The van der Waals surface area contributed by atoms with Crippen molar-refractivity contribution in [3.8, 4) is 0 Å². The van der Waals surface area contributed by atoms with Crippen molar-refractivity contribution in [2.75, 3.05) is 0 Å². The van der Waals surface area contributed by atoms with E-state index < -0.39 is 6.10 Å². The van der Waals surface area contributed by atoms with Crippen molar-refractivity contribution >= 4 is 6.08 Å². The number of aliphatic hydroxyl groups is 1. The summed E-state index contributed by atoms with van der Waals surface area (Å²) >= 11 is 0. The molecule has 0 aromatic heterocycles. The van der Waals surface area contributed by atoms with Gasteiger partial charge in [0.1, 0.15) is 0 Å². The third-order valence-electron chi connectivity index (χ3n) is 1.99. The summed E-state index contributed by atoms with van der Waals surface area (Å²) in [6.45, 7) is 0. The summed E-state index contributed by atoms with van der Waals surface area (Å²) in [7, 11) is 0. The van der Waals surface area contributed by atoms with Gasteiger partial charge in [0.05, 0.1) is 6.10 Å². The highest BCUT2D eigenvalue weighted by atomic mass is 16.3. The molecule has 0 aliphatic heterocycles. The summed E-state index contributed by atoms with van der Waals surface area (Å²) in [6, 6.07) is 7.86. The number of fused-ring (bicyclic) bond motifs is 1. The number of aliphatic hydroxyl groups excluding tert-OH is 1. The van der Waals surface area contributed by atoms with Crippen LogP contribution in [0.25, 0.3) is 6.08 Å². The Morgan fingerprint density at radius 2 is 1.92 bits per heavy atom. The molecule has 12 heavy (non-hydrogen) atoms. The van der Waals surface area contributed by atoms with Gasteiger partial charge < -0.3 is 5.11 Å². The van der Waals surface area contributed by atoms with Gasteiger partial charge in [-0.25, -0.2) is 0 Å². The minimum absolute atomic E-state index is 0.462. The van der Waals surface area contributed by atoms with Crippen molar-refractivity contribution < 1.29 is 5.11 Å². The van der Waals surface area contributed by atoms with E-state index in [1.54, 1.807) is 6.08 Å². The van der Waals surface area contributed by atoms with Gasteiger partial charge in [-0.05, 0) is 11.1 Å². The lowest BCUT2D eigenvalue weighted by Gasteiger charge is -2.07. The average Bonchev–Trinajstić information content (AvgIpc) is 2.29. The summed E-state index contributed by atoms with van der Waals surface area (Å²) in [5.74, 6) is 0. The molecule has 1 N–H and O–H groups in total. The number of rotatable bonds is 0. The molecule has 1 atom stereocenters. The average molecular weight is 158 g/mol. The van der Waals surface area contributed by atoms with Crippen molar-refractivity contribution in [2.24, 2.45) is 0 Å². The van der Waals surface area contributed by atoms with Crippen LogP contribution < -0.4 is 0 Å². The maximum absolute atomic E-state index is 9.61. The van der Waals surface area contributed by atoms with Crippen LogP contribution in [0.5, 0.6) is 0 Å². The second kappa shape index (κ2) is 2.95. The molecule has 1 nitrogen and oxygen atoms in total. The SMILES string of the molecule is OC1C=CC=Cc2ccccc21. The third kappa shape index (κ3) is 1.19. The molecule has 60 valence electrons. The highest BCUT2D eigenvalue weighted by Gasteiger charge is 2.07. The molecule has 0 fully saturated rings. The van der Waals surface area contributed by atoms with E-state index in [9.17, 15) is 5.11 Å². The standard InChI is InChI=1S/C11H10O/c12-11-8-4-2-6-9-5-1-3-7-10(9)11/h1-8,11-12H. The highest BCUT2D eigenvalue weighted by Crippen LogP contribution is 2.22. The molecule has 1 aliphatic rings. The molecule has 0 saturated heterocycles. The first kappa shape index (κ1) is 7.32. The summed E-state index contributed by atoms with van der Waals surface area (Å²) in [5, 5.41) is 9.61. The van der Waals surface area contributed by atoms with Crippen molar-refractivity contribution in [1.82, 2.24) is 0 Å². The van der Waals surface area contributed by atoms with E-state index in [2.05, 4.69) is 0 Å². The van der Waals surface area contributed by atoms with E-state index in [1.165, 1.54) is 0 Å². The predicted octanol–water partition coefficient (Wildman–Crippen LogP) is 2.30. The van der Waals surface area contributed by atoms with Gasteiger partial charge in [-0.2, -0.15) is 0 Å². The zero-order valence-corrected chi connectivity index (χ0v) is 6.64. The lowest BCUT2D eigenvalue weighted by Crippen LogP contribution is -1.94. The number of hydrogen-bond acceptors (Lipinski definition) is 1. The molecule has 2 rings (SSSR count). The molecule has 0 radical (unpaired) electrons. The molecule has 0 spiro atoms.